The summed E-state index contributed by atoms with van der Waals surface area (Å²) in [4.78, 5) is 21.9. The van der Waals surface area contributed by atoms with Crippen LogP contribution in [0.2, 0.25) is 0 Å². The Balaban J connectivity index is 1.50. The number of halogens is 3. The Morgan fingerprint density at radius 1 is 0.944 bits per heavy atom. The third-order valence-electron chi connectivity index (χ3n) is 6.54. The summed E-state index contributed by atoms with van der Waals surface area (Å²) in [7, 11) is 1.50. The van der Waals surface area contributed by atoms with Crippen molar-refractivity contribution in [1.29, 1.82) is 0 Å². The van der Waals surface area contributed by atoms with Gasteiger partial charge < -0.3 is 14.5 Å². The van der Waals surface area contributed by atoms with Gasteiger partial charge >= 0.3 is 6.18 Å². The third kappa shape index (κ3) is 4.20. The molecule has 2 aromatic carbocycles. The number of carbonyl (C=O) groups excluding carboxylic acids is 1. The molecule has 0 radical (unpaired) electrons. The van der Waals surface area contributed by atoms with Crippen molar-refractivity contribution < 1.29 is 22.7 Å². The summed E-state index contributed by atoms with van der Waals surface area (Å²) in [6, 6.07) is 13.9. The van der Waals surface area contributed by atoms with Crippen molar-refractivity contribution in [3.8, 4) is 11.4 Å². The Kier molecular flexibility index (Phi) is 6.19. The van der Waals surface area contributed by atoms with Gasteiger partial charge in [-0.3, -0.25) is 9.79 Å². The lowest BCUT2D eigenvalue weighted by Gasteiger charge is -2.31. The van der Waals surface area contributed by atoms with Gasteiger partial charge in [0.2, 0.25) is 0 Å². The fraction of sp³-hybridized carbons (Fsp3) is 0.346. The van der Waals surface area contributed by atoms with E-state index in [1.54, 1.807) is 24.3 Å². The minimum atomic E-state index is -4.67. The van der Waals surface area contributed by atoms with Gasteiger partial charge in [0.15, 0.2) is 5.69 Å². The standard InChI is InChI=1S/C26H26F3N5O2/c1-3-22-30-14-4-15-32(22)17-5-7-18(8-6-17)33-16-13-21-23(25(33)35)34(31-24(21)26(27,28)29)19-9-11-20(36-2)12-10-19/h5-12H,3-4,13-16H2,1-2H3. The number of fused-ring (bicyclic) bond motifs is 1. The van der Waals surface area contributed by atoms with E-state index in [0.29, 0.717) is 17.1 Å². The van der Waals surface area contributed by atoms with E-state index in [0.717, 1.165) is 42.1 Å². The van der Waals surface area contributed by atoms with Gasteiger partial charge in [0.05, 0.1) is 12.8 Å². The van der Waals surface area contributed by atoms with E-state index in [-0.39, 0.29) is 24.2 Å². The van der Waals surface area contributed by atoms with Crippen LogP contribution < -0.4 is 14.5 Å². The first kappa shape index (κ1) is 23.9. The molecular weight excluding hydrogens is 471 g/mol. The largest absolute Gasteiger partial charge is 0.497 e. The highest BCUT2D eigenvalue weighted by Crippen LogP contribution is 2.37. The third-order valence-corrected chi connectivity index (χ3v) is 6.54. The van der Waals surface area contributed by atoms with Crippen molar-refractivity contribution in [3.05, 3.63) is 65.5 Å². The molecule has 2 aliphatic heterocycles. The van der Waals surface area contributed by atoms with Gasteiger partial charge in [0.25, 0.3) is 5.91 Å². The van der Waals surface area contributed by atoms with Crippen molar-refractivity contribution in [1.82, 2.24) is 9.78 Å². The summed E-state index contributed by atoms with van der Waals surface area (Å²) in [5.74, 6) is 1.06. The number of anilines is 2. The summed E-state index contributed by atoms with van der Waals surface area (Å²) in [5, 5.41) is 3.84. The normalized spacial score (nSPS) is 16.1. The summed E-state index contributed by atoms with van der Waals surface area (Å²) in [6.45, 7) is 3.90. The highest BCUT2D eigenvalue weighted by Gasteiger charge is 2.43. The number of alkyl halides is 3. The summed E-state index contributed by atoms with van der Waals surface area (Å²) in [6.07, 6.45) is -2.83. The van der Waals surface area contributed by atoms with Gasteiger partial charge in [0.1, 0.15) is 17.3 Å². The number of amidine groups is 1. The van der Waals surface area contributed by atoms with Crippen LogP contribution in [0.25, 0.3) is 5.69 Å². The second-order valence-corrected chi connectivity index (χ2v) is 8.66. The Bertz CT molecular complexity index is 1300. The number of ether oxygens (including phenoxy) is 1. The van der Waals surface area contributed by atoms with E-state index < -0.39 is 17.8 Å². The average Bonchev–Trinajstić information content (AvgIpc) is 3.30. The van der Waals surface area contributed by atoms with Crippen LogP contribution in [0, 0.1) is 0 Å². The maximum Gasteiger partial charge on any atom is 0.435 e. The van der Waals surface area contributed by atoms with Crippen LogP contribution in [0.4, 0.5) is 24.5 Å². The molecule has 3 heterocycles. The van der Waals surface area contributed by atoms with E-state index in [1.807, 2.05) is 24.3 Å². The minimum Gasteiger partial charge on any atom is -0.497 e. The van der Waals surface area contributed by atoms with Crippen molar-refractivity contribution in [2.75, 3.05) is 36.5 Å². The molecule has 0 spiro atoms. The monoisotopic (exact) mass is 497 g/mol. The second-order valence-electron chi connectivity index (χ2n) is 8.66. The predicted molar refractivity (Wildman–Crippen MR) is 131 cm³/mol. The smallest absolute Gasteiger partial charge is 0.435 e. The van der Waals surface area contributed by atoms with Crippen molar-refractivity contribution in [2.45, 2.75) is 32.4 Å². The number of aromatic nitrogens is 2. The first-order valence-corrected chi connectivity index (χ1v) is 11.9. The SMILES string of the molecule is CCC1=NCCCN1c1ccc(N2CCc3c(C(F)(F)F)nn(-c4ccc(OC)cc4)c3C2=O)cc1. The molecule has 1 aromatic heterocycles. The lowest BCUT2D eigenvalue weighted by Crippen LogP contribution is -2.39. The number of nitrogens with zero attached hydrogens (tertiary/aromatic N) is 5. The van der Waals surface area contributed by atoms with Gasteiger partial charge in [-0.15, -0.1) is 0 Å². The number of rotatable bonds is 5. The van der Waals surface area contributed by atoms with Gasteiger partial charge in [-0.1, -0.05) is 6.92 Å². The van der Waals surface area contributed by atoms with Crippen molar-refractivity contribution in [2.24, 2.45) is 4.99 Å². The number of hydrogen-bond donors (Lipinski definition) is 0. The number of benzene rings is 2. The zero-order chi connectivity index (χ0) is 25.4. The summed E-state index contributed by atoms with van der Waals surface area (Å²) < 4.78 is 47.7. The number of aliphatic imine (C=N–C) groups is 1. The zero-order valence-electron chi connectivity index (χ0n) is 20.0. The molecule has 3 aromatic rings. The van der Waals surface area contributed by atoms with E-state index in [9.17, 15) is 18.0 Å². The van der Waals surface area contributed by atoms with E-state index in [1.165, 1.54) is 12.0 Å². The van der Waals surface area contributed by atoms with Crippen LogP contribution >= 0.6 is 0 Å². The number of amides is 1. The first-order valence-electron chi connectivity index (χ1n) is 11.9. The fourth-order valence-electron chi connectivity index (χ4n) is 4.79. The van der Waals surface area contributed by atoms with Gasteiger partial charge in [-0.25, -0.2) is 4.68 Å². The number of hydrogen-bond acceptors (Lipinski definition) is 5. The van der Waals surface area contributed by atoms with Gasteiger partial charge in [-0.2, -0.15) is 18.3 Å². The highest BCUT2D eigenvalue weighted by atomic mass is 19.4. The Morgan fingerprint density at radius 3 is 2.19 bits per heavy atom. The van der Waals surface area contributed by atoms with E-state index >= 15 is 0 Å². The Hall–Kier alpha value is -3.82. The molecule has 0 fully saturated rings. The summed E-state index contributed by atoms with van der Waals surface area (Å²) in [5.41, 5.74) is 0.787. The Morgan fingerprint density at radius 2 is 1.58 bits per heavy atom. The molecule has 188 valence electrons. The summed E-state index contributed by atoms with van der Waals surface area (Å²) >= 11 is 0. The van der Waals surface area contributed by atoms with E-state index in [2.05, 4.69) is 21.9 Å². The molecule has 2 aliphatic rings. The first-order chi connectivity index (χ1) is 17.3. The fourth-order valence-corrected chi connectivity index (χ4v) is 4.79. The quantitative estimate of drug-likeness (QED) is 0.491. The topological polar surface area (TPSA) is 63.0 Å². The van der Waals surface area contributed by atoms with Crippen LogP contribution in [0.5, 0.6) is 5.75 Å². The molecule has 0 unspecified atom stereocenters. The molecule has 7 nitrogen and oxygen atoms in total. The molecule has 1 amide bonds. The molecular formula is C26H26F3N5O2. The molecule has 0 saturated carbocycles. The molecule has 0 bridgehead atoms. The van der Waals surface area contributed by atoms with Crippen molar-refractivity contribution in [3.63, 3.8) is 0 Å². The molecule has 0 atom stereocenters. The Labute approximate surface area is 206 Å². The molecule has 5 rings (SSSR count). The van der Waals surface area contributed by atoms with Crippen molar-refractivity contribution >= 4 is 23.1 Å². The van der Waals surface area contributed by atoms with Gasteiger partial charge in [-0.05, 0) is 61.4 Å². The van der Waals surface area contributed by atoms with Gasteiger partial charge in [0, 0.05) is 43.0 Å². The lowest BCUT2D eigenvalue weighted by atomic mass is 10.0. The maximum absolute atomic E-state index is 13.8. The molecule has 10 heteroatoms. The van der Waals surface area contributed by atoms with Crippen LogP contribution in [0.3, 0.4) is 0 Å². The maximum atomic E-state index is 13.8. The van der Waals surface area contributed by atoms with Crippen LogP contribution in [-0.4, -0.2) is 48.3 Å². The average molecular weight is 498 g/mol. The van der Waals surface area contributed by atoms with Crippen LogP contribution in [0.1, 0.15) is 41.5 Å². The predicted octanol–water partition coefficient (Wildman–Crippen LogP) is 5.12. The minimum absolute atomic E-state index is 0.0482. The highest BCUT2D eigenvalue weighted by molar-refractivity contribution is 6.08. The molecule has 0 aliphatic carbocycles. The molecule has 36 heavy (non-hydrogen) atoms. The van der Waals surface area contributed by atoms with E-state index in [4.69, 9.17) is 4.74 Å². The van der Waals surface area contributed by atoms with Crippen LogP contribution in [0.15, 0.2) is 53.5 Å². The molecule has 0 N–H and O–H groups in total. The second kappa shape index (κ2) is 9.33. The zero-order valence-corrected chi connectivity index (χ0v) is 20.0. The number of methoxy groups -OCH3 is 1. The number of carbonyl (C=O) groups is 1. The molecule has 0 saturated heterocycles. The lowest BCUT2D eigenvalue weighted by molar-refractivity contribution is -0.141. The van der Waals surface area contributed by atoms with Crippen LogP contribution in [-0.2, 0) is 12.6 Å².